The summed E-state index contributed by atoms with van der Waals surface area (Å²) in [5.41, 5.74) is 2.19. The predicted octanol–water partition coefficient (Wildman–Crippen LogP) is 3.65. The predicted molar refractivity (Wildman–Crippen MR) is 114 cm³/mol. The summed E-state index contributed by atoms with van der Waals surface area (Å²) in [4.78, 5) is 6.93. The Hall–Kier alpha value is -1.76. The molecule has 8 heteroatoms. The number of hydrogen-bond donors (Lipinski definition) is 2. The molecule has 0 amide bonds. The van der Waals surface area contributed by atoms with Gasteiger partial charge in [-0.1, -0.05) is 29.3 Å². The summed E-state index contributed by atoms with van der Waals surface area (Å²) in [6.07, 6.45) is 3.91. The van der Waals surface area contributed by atoms with E-state index in [1.54, 1.807) is 0 Å². The highest BCUT2D eigenvalue weighted by Gasteiger charge is 2.16. The molecule has 2 rings (SSSR count). The number of nitrogens with one attached hydrogen (secondary N) is 2. The monoisotopic (exact) mass is 410 g/mol. The maximum atomic E-state index is 6.14. The molecule has 148 valence electrons. The second-order valence-corrected chi connectivity index (χ2v) is 7.50. The minimum Gasteiger partial charge on any atom is -0.357 e. The summed E-state index contributed by atoms with van der Waals surface area (Å²) in [6, 6.07) is 5.84. The van der Waals surface area contributed by atoms with E-state index in [0.717, 1.165) is 23.6 Å². The van der Waals surface area contributed by atoms with Crippen molar-refractivity contribution in [2.75, 3.05) is 27.2 Å². The van der Waals surface area contributed by atoms with Crippen molar-refractivity contribution >= 4 is 29.2 Å². The zero-order valence-corrected chi connectivity index (χ0v) is 18.0. The molecule has 0 fully saturated rings. The number of guanidine groups is 1. The summed E-state index contributed by atoms with van der Waals surface area (Å²) < 4.78 is 1.81. The molecule has 0 aliphatic carbocycles. The van der Waals surface area contributed by atoms with Gasteiger partial charge in [-0.3, -0.25) is 9.67 Å². The fourth-order valence-corrected chi connectivity index (χ4v) is 3.05. The number of aliphatic imine (C=N–C) groups is 1. The zero-order valence-electron chi connectivity index (χ0n) is 16.5. The molecule has 0 bridgehead atoms. The normalized spacial score (nSPS) is 14.3. The van der Waals surface area contributed by atoms with Gasteiger partial charge in [0.15, 0.2) is 5.96 Å². The van der Waals surface area contributed by atoms with Crippen molar-refractivity contribution in [3.05, 3.63) is 51.8 Å². The Balaban J connectivity index is 2.13. The number of aromatic nitrogens is 2. The van der Waals surface area contributed by atoms with Gasteiger partial charge < -0.3 is 15.5 Å². The van der Waals surface area contributed by atoms with Gasteiger partial charge in [0.1, 0.15) is 0 Å². The van der Waals surface area contributed by atoms with Crippen LogP contribution in [0.3, 0.4) is 0 Å². The van der Waals surface area contributed by atoms with Gasteiger partial charge in [0.2, 0.25) is 0 Å². The van der Waals surface area contributed by atoms with Crippen LogP contribution in [0.15, 0.2) is 35.6 Å². The van der Waals surface area contributed by atoms with E-state index in [9.17, 15) is 0 Å². The number of nitrogens with zero attached hydrogens (tertiary/aromatic N) is 4. The molecule has 2 N–H and O–H groups in total. The van der Waals surface area contributed by atoms with Crippen LogP contribution in [-0.2, 0) is 7.05 Å². The number of benzene rings is 1. The van der Waals surface area contributed by atoms with E-state index in [2.05, 4.69) is 27.6 Å². The van der Waals surface area contributed by atoms with Gasteiger partial charge in [0.25, 0.3) is 0 Å². The molecule has 1 aromatic heterocycles. The molecule has 0 aliphatic heterocycles. The molecule has 2 atom stereocenters. The molecular weight excluding hydrogens is 383 g/mol. The van der Waals surface area contributed by atoms with Crippen molar-refractivity contribution in [1.29, 1.82) is 0 Å². The fraction of sp³-hybridized carbons (Fsp3) is 0.474. The van der Waals surface area contributed by atoms with E-state index in [-0.39, 0.29) is 12.1 Å². The van der Waals surface area contributed by atoms with Crippen LogP contribution in [0.25, 0.3) is 0 Å². The summed E-state index contributed by atoms with van der Waals surface area (Å²) in [5.74, 6) is 0.756. The summed E-state index contributed by atoms with van der Waals surface area (Å²) in [6.45, 7) is 5.50. The Morgan fingerprint density at radius 1 is 1.26 bits per heavy atom. The summed E-state index contributed by atoms with van der Waals surface area (Å²) >= 11 is 12.2. The second kappa shape index (κ2) is 9.97. The van der Waals surface area contributed by atoms with Gasteiger partial charge >= 0.3 is 0 Å². The van der Waals surface area contributed by atoms with Crippen LogP contribution in [0.4, 0.5) is 0 Å². The van der Waals surface area contributed by atoms with Crippen LogP contribution in [0.5, 0.6) is 0 Å². The molecule has 0 radical (unpaired) electrons. The standard InChI is InChI=1S/C19H28Cl2N6/c1-6-22-19(25-13(2)14-7-8-16(20)17(21)9-14)23-11-18(26(3)4)15-10-24-27(5)12-15/h7-10,12-13,18H,6,11H2,1-5H3,(H2,22,23,25). The number of rotatable bonds is 7. The lowest BCUT2D eigenvalue weighted by atomic mass is 10.1. The number of hydrogen-bond acceptors (Lipinski definition) is 3. The van der Waals surface area contributed by atoms with Crippen molar-refractivity contribution in [2.24, 2.45) is 12.0 Å². The van der Waals surface area contributed by atoms with E-state index in [0.29, 0.717) is 16.6 Å². The van der Waals surface area contributed by atoms with Crippen LogP contribution in [0.1, 0.15) is 37.1 Å². The number of likely N-dealkylation sites (N-methyl/N-ethyl adjacent to an activating group) is 1. The fourth-order valence-electron chi connectivity index (χ4n) is 2.75. The van der Waals surface area contributed by atoms with Gasteiger partial charge in [-0.2, -0.15) is 5.10 Å². The molecule has 0 saturated carbocycles. The van der Waals surface area contributed by atoms with Crippen molar-refractivity contribution in [3.8, 4) is 0 Å². The Morgan fingerprint density at radius 3 is 2.56 bits per heavy atom. The average molecular weight is 411 g/mol. The van der Waals surface area contributed by atoms with Gasteiger partial charge in [-0.05, 0) is 45.6 Å². The Labute approximate surface area is 171 Å². The molecule has 6 nitrogen and oxygen atoms in total. The largest absolute Gasteiger partial charge is 0.357 e. The van der Waals surface area contributed by atoms with Crippen molar-refractivity contribution in [2.45, 2.75) is 25.9 Å². The Bertz CT molecular complexity index is 771. The first-order chi connectivity index (χ1) is 12.8. The lowest BCUT2D eigenvalue weighted by molar-refractivity contribution is 0.306. The van der Waals surface area contributed by atoms with Crippen LogP contribution in [0, 0.1) is 0 Å². The summed E-state index contributed by atoms with van der Waals surface area (Å²) in [7, 11) is 6.02. The minimum absolute atomic E-state index is 0.0359. The van der Waals surface area contributed by atoms with Gasteiger partial charge in [-0.25, -0.2) is 0 Å². The molecule has 2 aromatic rings. The third-order valence-electron chi connectivity index (χ3n) is 4.30. The molecular formula is C19H28Cl2N6. The maximum Gasteiger partial charge on any atom is 0.191 e. The minimum atomic E-state index is 0.0359. The highest BCUT2D eigenvalue weighted by Crippen LogP contribution is 2.25. The molecule has 0 saturated heterocycles. The molecule has 1 heterocycles. The number of aryl methyl sites for hydroxylation is 1. The van der Waals surface area contributed by atoms with E-state index in [4.69, 9.17) is 28.2 Å². The van der Waals surface area contributed by atoms with Crippen molar-refractivity contribution in [3.63, 3.8) is 0 Å². The Morgan fingerprint density at radius 2 is 2.00 bits per heavy atom. The molecule has 0 aliphatic rings. The SMILES string of the molecule is CCNC(=NCC(c1cnn(C)c1)N(C)C)NC(C)c1ccc(Cl)c(Cl)c1. The van der Waals surface area contributed by atoms with Crippen LogP contribution >= 0.6 is 23.2 Å². The molecule has 2 unspecified atom stereocenters. The smallest absolute Gasteiger partial charge is 0.191 e. The topological polar surface area (TPSA) is 57.5 Å². The molecule has 1 aromatic carbocycles. The van der Waals surface area contributed by atoms with E-state index in [1.807, 2.05) is 63.3 Å². The first kappa shape index (κ1) is 21.5. The Kier molecular flexibility index (Phi) is 7.95. The van der Waals surface area contributed by atoms with Gasteiger partial charge in [0, 0.05) is 25.4 Å². The lowest BCUT2D eigenvalue weighted by Crippen LogP contribution is -2.39. The highest BCUT2D eigenvalue weighted by molar-refractivity contribution is 6.42. The first-order valence-corrected chi connectivity index (χ1v) is 9.72. The van der Waals surface area contributed by atoms with Gasteiger partial charge in [0.05, 0.1) is 34.9 Å². The van der Waals surface area contributed by atoms with E-state index < -0.39 is 0 Å². The van der Waals surface area contributed by atoms with E-state index >= 15 is 0 Å². The van der Waals surface area contributed by atoms with E-state index in [1.165, 1.54) is 0 Å². The average Bonchev–Trinajstić information content (AvgIpc) is 3.03. The van der Waals surface area contributed by atoms with Crippen LogP contribution < -0.4 is 10.6 Å². The quantitative estimate of drug-likeness (QED) is 0.540. The van der Waals surface area contributed by atoms with Crippen molar-refractivity contribution < 1.29 is 0 Å². The maximum absolute atomic E-state index is 6.14. The van der Waals surface area contributed by atoms with Gasteiger partial charge in [-0.15, -0.1) is 0 Å². The molecule has 27 heavy (non-hydrogen) atoms. The highest BCUT2D eigenvalue weighted by atomic mass is 35.5. The summed E-state index contributed by atoms with van der Waals surface area (Å²) in [5, 5.41) is 12.1. The van der Waals surface area contributed by atoms with Crippen LogP contribution in [0.2, 0.25) is 10.0 Å². The second-order valence-electron chi connectivity index (χ2n) is 6.69. The third-order valence-corrected chi connectivity index (χ3v) is 5.04. The lowest BCUT2D eigenvalue weighted by Gasteiger charge is -2.23. The van der Waals surface area contributed by atoms with Crippen LogP contribution in [-0.4, -0.2) is 47.8 Å². The first-order valence-electron chi connectivity index (χ1n) is 8.96. The third kappa shape index (κ3) is 6.13. The number of halogens is 2. The zero-order chi connectivity index (χ0) is 20.0. The molecule has 0 spiro atoms. The van der Waals surface area contributed by atoms with Crippen molar-refractivity contribution in [1.82, 2.24) is 25.3 Å².